The summed E-state index contributed by atoms with van der Waals surface area (Å²) in [7, 11) is 4.12. The molecule has 2 aromatic heterocycles. The van der Waals surface area contributed by atoms with Crippen LogP contribution in [-0.4, -0.2) is 89.4 Å². The van der Waals surface area contributed by atoms with Gasteiger partial charge in [0.25, 0.3) is 11.8 Å². The van der Waals surface area contributed by atoms with Crippen molar-refractivity contribution in [1.29, 1.82) is 0 Å². The van der Waals surface area contributed by atoms with E-state index in [4.69, 9.17) is 16.6 Å². The Bertz CT molecular complexity index is 1440. The summed E-state index contributed by atoms with van der Waals surface area (Å²) in [5.41, 5.74) is 1.06. The number of nitrogens with zero attached hydrogens (tertiary/aromatic N) is 6. The summed E-state index contributed by atoms with van der Waals surface area (Å²) >= 11 is 6.49. The highest BCUT2D eigenvalue weighted by Gasteiger charge is 2.38. The summed E-state index contributed by atoms with van der Waals surface area (Å²) in [6.07, 6.45) is -1.35. The Hall–Kier alpha value is -3.16. The number of fused-ring (bicyclic) bond motifs is 1. The Labute approximate surface area is 251 Å². The van der Waals surface area contributed by atoms with Crippen molar-refractivity contribution in [2.75, 3.05) is 51.7 Å². The minimum Gasteiger partial charge on any atom is -0.355 e. The Morgan fingerprint density at radius 3 is 2.47 bits per heavy atom. The lowest BCUT2D eigenvalue weighted by molar-refractivity contribution is -0.145. The van der Waals surface area contributed by atoms with E-state index in [2.05, 4.69) is 39.2 Å². The number of hydrogen-bond donors (Lipinski definition) is 1. The molecule has 0 bridgehead atoms. The van der Waals surface area contributed by atoms with Crippen LogP contribution in [0.25, 0.3) is 10.9 Å². The fourth-order valence-electron chi connectivity index (χ4n) is 5.71. The summed E-state index contributed by atoms with van der Waals surface area (Å²) in [5, 5.41) is 3.56. The smallest absolute Gasteiger partial charge is 0.355 e. The van der Waals surface area contributed by atoms with Crippen molar-refractivity contribution < 1.29 is 26.7 Å². The number of hydrogen-bond acceptors (Lipinski definition) is 7. The third-order valence-corrected chi connectivity index (χ3v) is 8.53. The lowest BCUT2D eigenvalue weighted by Gasteiger charge is -2.37. The number of piperidine rings is 2. The Morgan fingerprint density at radius 2 is 1.81 bits per heavy atom. The first-order valence-corrected chi connectivity index (χ1v) is 14.5. The Morgan fingerprint density at radius 1 is 1.12 bits per heavy atom. The molecule has 43 heavy (non-hydrogen) atoms. The SMILES string of the molecule is CN(C)C1CCCN(c2ccc3c(C(=O)NCC(c4cnc(C(F)(F)F)nc4)N4CCC(F)(F)CC4)c(Cl)ccc3n2)C1. The highest BCUT2D eigenvalue weighted by atomic mass is 35.5. The van der Waals surface area contributed by atoms with Crippen LogP contribution in [0.15, 0.2) is 36.7 Å². The van der Waals surface area contributed by atoms with Crippen LogP contribution in [0.4, 0.5) is 27.8 Å². The van der Waals surface area contributed by atoms with Crippen LogP contribution >= 0.6 is 11.6 Å². The van der Waals surface area contributed by atoms with E-state index in [0.29, 0.717) is 16.9 Å². The number of likely N-dealkylation sites (tertiary alicyclic amines) is 1. The molecule has 2 aliphatic heterocycles. The lowest BCUT2D eigenvalue weighted by atomic mass is 10.0. The third kappa shape index (κ3) is 7.15. The van der Waals surface area contributed by atoms with E-state index in [1.807, 2.05) is 12.1 Å². The van der Waals surface area contributed by atoms with Crippen molar-refractivity contribution in [2.24, 2.45) is 0 Å². The van der Waals surface area contributed by atoms with Gasteiger partial charge in [0, 0.05) is 75.0 Å². The molecule has 1 amide bonds. The number of carbonyl (C=O) groups excluding carboxylic acids is 1. The first kappa shape index (κ1) is 31.3. The first-order valence-electron chi connectivity index (χ1n) is 14.1. The maximum atomic E-state index is 13.9. The van der Waals surface area contributed by atoms with Crippen LogP contribution in [0.3, 0.4) is 0 Å². The molecule has 2 atom stereocenters. The molecule has 2 saturated heterocycles. The van der Waals surface area contributed by atoms with Gasteiger partial charge in [0.05, 0.1) is 22.1 Å². The van der Waals surface area contributed by atoms with Gasteiger partial charge in [0.1, 0.15) is 5.82 Å². The van der Waals surface area contributed by atoms with E-state index in [1.165, 1.54) is 0 Å². The predicted molar refractivity (Wildman–Crippen MR) is 154 cm³/mol. The fraction of sp³-hybridized carbons (Fsp3) is 0.517. The molecule has 2 unspecified atom stereocenters. The molecule has 2 aliphatic rings. The number of carbonyl (C=O) groups is 1. The Balaban J connectivity index is 1.37. The molecule has 1 aromatic carbocycles. The maximum Gasteiger partial charge on any atom is 0.451 e. The zero-order chi connectivity index (χ0) is 30.9. The van der Waals surface area contributed by atoms with E-state index in [0.717, 1.165) is 44.1 Å². The molecule has 4 heterocycles. The Kier molecular flexibility index (Phi) is 9.05. The predicted octanol–water partition coefficient (Wildman–Crippen LogP) is 5.43. The van der Waals surface area contributed by atoms with E-state index < -0.39 is 42.7 Å². The monoisotopic (exact) mass is 625 g/mol. The summed E-state index contributed by atoms with van der Waals surface area (Å²) in [6, 6.07) is 6.70. The van der Waals surface area contributed by atoms with E-state index in [9.17, 15) is 26.7 Å². The average Bonchev–Trinajstić information content (AvgIpc) is 2.97. The molecule has 232 valence electrons. The maximum absolute atomic E-state index is 13.9. The summed E-state index contributed by atoms with van der Waals surface area (Å²) < 4.78 is 66.9. The molecule has 0 radical (unpaired) electrons. The molecular weight excluding hydrogens is 593 g/mol. The van der Waals surface area contributed by atoms with Gasteiger partial charge >= 0.3 is 6.18 Å². The second kappa shape index (κ2) is 12.4. The third-order valence-electron chi connectivity index (χ3n) is 8.22. The number of anilines is 1. The van der Waals surface area contributed by atoms with Crippen molar-refractivity contribution in [3.63, 3.8) is 0 Å². The lowest BCUT2D eigenvalue weighted by Crippen LogP contribution is -2.45. The first-order chi connectivity index (χ1) is 20.3. The number of aromatic nitrogens is 3. The molecular formula is C29H33ClF5N7O. The van der Waals surface area contributed by atoms with Crippen LogP contribution in [-0.2, 0) is 6.18 Å². The second-order valence-electron chi connectivity index (χ2n) is 11.3. The number of amides is 1. The molecule has 3 aromatic rings. The zero-order valence-electron chi connectivity index (χ0n) is 23.8. The number of benzene rings is 1. The number of alkyl halides is 5. The highest BCUT2D eigenvalue weighted by molar-refractivity contribution is 6.35. The average molecular weight is 626 g/mol. The molecule has 0 spiro atoms. The molecule has 5 rings (SSSR count). The van der Waals surface area contributed by atoms with E-state index in [1.54, 1.807) is 17.0 Å². The summed E-state index contributed by atoms with van der Waals surface area (Å²) in [5.74, 6) is -3.85. The standard InChI is InChI=1S/C29H33ClF5N7O/c1-40(2)19-4-3-11-42(17-19)24-8-5-20-22(39-24)7-6-21(30)25(20)26(43)36-16-23(41-12-9-28(31,32)10-13-41)18-14-37-27(38-15-18)29(33,34)35/h5-8,14-15,19,23H,3-4,9-13,16-17H2,1-2H3,(H,36,43). The molecule has 0 saturated carbocycles. The van der Waals surface area contributed by atoms with Gasteiger partial charge in [-0.1, -0.05) is 11.6 Å². The fourth-order valence-corrected chi connectivity index (χ4v) is 5.96. The van der Waals surface area contributed by atoms with Crippen LogP contribution in [0.1, 0.15) is 53.5 Å². The van der Waals surface area contributed by atoms with Gasteiger partial charge in [0.15, 0.2) is 0 Å². The van der Waals surface area contributed by atoms with E-state index in [-0.39, 0.29) is 35.8 Å². The van der Waals surface area contributed by atoms with Crippen molar-refractivity contribution >= 4 is 34.2 Å². The second-order valence-corrected chi connectivity index (χ2v) is 11.7. The number of nitrogens with one attached hydrogen (secondary N) is 1. The van der Waals surface area contributed by atoms with Crippen LogP contribution in [0, 0.1) is 0 Å². The van der Waals surface area contributed by atoms with Crippen LogP contribution in [0.2, 0.25) is 5.02 Å². The zero-order valence-corrected chi connectivity index (χ0v) is 24.6. The van der Waals surface area contributed by atoms with E-state index >= 15 is 0 Å². The topological polar surface area (TPSA) is 77.5 Å². The van der Waals surface area contributed by atoms with Crippen molar-refractivity contribution in [3.05, 3.63) is 58.6 Å². The van der Waals surface area contributed by atoms with Gasteiger partial charge in [-0.05, 0) is 51.2 Å². The van der Waals surface area contributed by atoms with Gasteiger partial charge in [-0.2, -0.15) is 13.2 Å². The van der Waals surface area contributed by atoms with Crippen molar-refractivity contribution in [2.45, 2.75) is 49.9 Å². The van der Waals surface area contributed by atoms with Crippen molar-refractivity contribution in [3.8, 4) is 0 Å². The number of rotatable bonds is 7. The molecule has 2 fully saturated rings. The quantitative estimate of drug-likeness (QED) is 0.351. The minimum atomic E-state index is -4.73. The van der Waals surface area contributed by atoms with Crippen molar-refractivity contribution in [1.82, 2.24) is 30.1 Å². The molecule has 8 nitrogen and oxygen atoms in total. The van der Waals surface area contributed by atoms with Crippen LogP contribution < -0.4 is 10.2 Å². The summed E-state index contributed by atoms with van der Waals surface area (Å²) in [6.45, 7) is 1.60. The normalized spacial score (nSPS) is 20.4. The molecule has 1 N–H and O–H groups in total. The largest absolute Gasteiger partial charge is 0.451 e. The van der Waals surface area contributed by atoms with Gasteiger partial charge in [0.2, 0.25) is 5.82 Å². The van der Waals surface area contributed by atoms with Gasteiger partial charge < -0.3 is 15.1 Å². The van der Waals surface area contributed by atoms with Crippen LogP contribution in [0.5, 0.6) is 0 Å². The highest BCUT2D eigenvalue weighted by Crippen LogP contribution is 2.34. The number of halogens is 6. The summed E-state index contributed by atoms with van der Waals surface area (Å²) in [4.78, 5) is 31.3. The van der Waals surface area contributed by atoms with Gasteiger partial charge in [-0.15, -0.1) is 0 Å². The number of likely N-dealkylation sites (N-methyl/N-ethyl adjacent to an activating group) is 1. The number of pyridine rings is 1. The van der Waals surface area contributed by atoms with Gasteiger partial charge in [-0.3, -0.25) is 9.69 Å². The minimum absolute atomic E-state index is 0.0124. The molecule has 14 heteroatoms. The van der Waals surface area contributed by atoms with Gasteiger partial charge in [-0.25, -0.2) is 23.7 Å². The molecule has 0 aliphatic carbocycles.